The first-order chi connectivity index (χ1) is 67.7. The van der Waals surface area contributed by atoms with E-state index in [1.807, 2.05) is 165 Å². The second kappa shape index (κ2) is 42.0. The first-order valence-electron chi connectivity index (χ1n) is 42.7. The van der Waals surface area contributed by atoms with Crippen molar-refractivity contribution in [3.63, 3.8) is 0 Å². The molecule has 10 heterocycles. The number of aromatic carboxylic acids is 5. The summed E-state index contributed by atoms with van der Waals surface area (Å²) >= 11 is 12.8. The molecule has 0 amide bonds. The van der Waals surface area contributed by atoms with Gasteiger partial charge in [0.05, 0.1) is 94.8 Å². The van der Waals surface area contributed by atoms with Gasteiger partial charge in [-0.1, -0.05) is 205 Å². The fourth-order valence-corrected chi connectivity index (χ4v) is 15.8. The minimum Gasteiger partial charge on any atom is -0.478 e. The van der Waals surface area contributed by atoms with Crippen molar-refractivity contribution < 1.29 is 53.9 Å². The number of nitrogens with zero attached hydrogens (tertiary/aromatic N) is 5. The van der Waals surface area contributed by atoms with Gasteiger partial charge in [-0.3, -0.25) is 24.0 Å². The van der Waals surface area contributed by atoms with Crippen molar-refractivity contribution in [1.29, 1.82) is 0 Å². The number of carboxylic acid groups (broad SMARTS) is 5. The summed E-state index contributed by atoms with van der Waals surface area (Å²) in [6.07, 6.45) is 7.68. The van der Waals surface area contributed by atoms with Gasteiger partial charge in [-0.2, -0.15) is 0 Å². The molecule has 0 saturated heterocycles. The molecule has 0 fully saturated rings. The minimum absolute atomic E-state index is 0.00751. The average molecular weight is 1900 g/mol. The Morgan fingerprint density at radius 3 is 0.857 bits per heavy atom. The molecule has 20 rings (SSSR count). The van der Waals surface area contributed by atoms with Gasteiger partial charge in [-0.25, -0.2) is 53.3 Å². The zero-order chi connectivity index (χ0) is 98.4. The Kier molecular flexibility index (Phi) is 28.2. The van der Waals surface area contributed by atoms with Crippen molar-refractivity contribution >= 4 is 53.0 Å². The summed E-state index contributed by atoms with van der Waals surface area (Å²) in [5.74, 6) is -2.98. The van der Waals surface area contributed by atoms with Gasteiger partial charge in [0.2, 0.25) is 27.8 Å². The number of carbonyl (C=O) groups is 5. The van der Waals surface area contributed by atoms with E-state index in [9.17, 15) is 77.9 Å². The molecular formula is C107H76Cl2FN15O15. The maximum absolute atomic E-state index is 14.6. The number of imidazole rings is 5. The van der Waals surface area contributed by atoms with E-state index in [-0.39, 0.29) is 66.2 Å². The van der Waals surface area contributed by atoms with Gasteiger partial charge in [0, 0.05) is 145 Å². The molecule has 0 spiro atoms. The Bertz CT molecular complexity index is 7420. The lowest BCUT2D eigenvalue weighted by Gasteiger charge is -2.09. The Balaban J connectivity index is 0.000000126. The third-order valence-electron chi connectivity index (χ3n) is 22.0. The predicted molar refractivity (Wildman–Crippen MR) is 532 cm³/mol. The number of nitrogens with one attached hydrogen (secondary N) is 10. The van der Waals surface area contributed by atoms with E-state index in [2.05, 4.69) is 64.8 Å². The Hall–Kier alpha value is -19.1. The highest BCUT2D eigenvalue weighted by molar-refractivity contribution is 6.36. The molecular weight excluding hydrogens is 1830 g/mol. The van der Waals surface area contributed by atoms with E-state index < -0.39 is 35.7 Å². The van der Waals surface area contributed by atoms with Crippen LogP contribution in [0.3, 0.4) is 0 Å². The van der Waals surface area contributed by atoms with Crippen LogP contribution in [0.15, 0.2) is 358 Å². The van der Waals surface area contributed by atoms with Crippen LogP contribution < -0.4 is 27.8 Å². The van der Waals surface area contributed by atoms with E-state index in [1.54, 1.807) is 92.1 Å². The Morgan fingerprint density at radius 1 is 0.264 bits per heavy atom. The molecule has 10 aromatic heterocycles. The summed E-state index contributed by atoms with van der Waals surface area (Å²) in [5, 5.41) is 47.3. The van der Waals surface area contributed by atoms with Crippen molar-refractivity contribution in [1.82, 2.24) is 74.8 Å². The highest BCUT2D eigenvalue weighted by Crippen LogP contribution is 2.43. The maximum Gasteiger partial charge on any atom is 0.337 e. The van der Waals surface area contributed by atoms with Gasteiger partial charge in [-0.15, -0.1) is 0 Å². The topological polar surface area (TPSA) is 494 Å². The predicted octanol–water partition coefficient (Wildman–Crippen LogP) is 21.0. The fourth-order valence-electron chi connectivity index (χ4n) is 15.3. The SMILES string of the molecule is Cc1c(C(=O)O)cccc1-c1[nH]c(-c2ccccc2)nc1-c1cc[nH]c(=O)c1.Cc1ccc(C(=O)O)cc1-c1[nH]c(-c2ccccc2)nc1-c1cc[nH]c(=O)c1.O=C(O)c1ccc(Cl)c(-c2[nH]c(-c3ccccc3)nc2-c2cc[nH]c(=O)c2)c1.O=C(O)c1ccc(F)c(-c2[nH]c(-c3ccccc3)nc2-c2cc[nH]c(=O)c2)c1.O=C(O)c1cccc(-c2[nH]c(-c3ccccc3)nc2-c2cc[nH]c(=O)c2)c1Cl. The van der Waals surface area contributed by atoms with Gasteiger partial charge in [0.1, 0.15) is 34.9 Å². The van der Waals surface area contributed by atoms with Crippen LogP contribution in [0.4, 0.5) is 4.39 Å². The van der Waals surface area contributed by atoms with Crippen molar-refractivity contribution in [2.75, 3.05) is 0 Å². The van der Waals surface area contributed by atoms with Crippen LogP contribution in [0, 0.1) is 19.7 Å². The molecule has 0 aliphatic carbocycles. The number of aromatic amines is 10. The molecule has 0 atom stereocenters. The highest BCUT2D eigenvalue weighted by Gasteiger charge is 2.27. The van der Waals surface area contributed by atoms with Crippen molar-refractivity contribution in [3.8, 4) is 170 Å². The fraction of sp³-hybridized carbons (Fsp3) is 0.0187. The van der Waals surface area contributed by atoms with E-state index in [1.165, 1.54) is 85.3 Å². The van der Waals surface area contributed by atoms with Gasteiger partial charge < -0.3 is 75.4 Å². The number of halogens is 3. The molecule has 33 heteroatoms. The third-order valence-corrected chi connectivity index (χ3v) is 22.8. The smallest absolute Gasteiger partial charge is 0.337 e. The number of rotatable bonds is 20. The number of hydrogen-bond donors (Lipinski definition) is 15. The van der Waals surface area contributed by atoms with Crippen LogP contribution >= 0.6 is 23.2 Å². The second-order valence-corrected chi connectivity index (χ2v) is 32.0. The van der Waals surface area contributed by atoms with Crippen molar-refractivity contribution in [3.05, 3.63) is 441 Å². The monoisotopic (exact) mass is 1900 g/mol. The van der Waals surface area contributed by atoms with Gasteiger partial charge >= 0.3 is 29.8 Å². The molecule has 690 valence electrons. The standard InChI is InChI=1S/2C22H17N3O3.2C21H14ClN3O3.C21H14FN3O3/c1-13-16(8-5-9-17(13)22(27)28)20-19(15-10-11-23-18(26)12-15)24-21(25-20)14-6-3-2-4-7-14;1-13-7-8-16(22(27)28)11-17(13)20-19(15-9-10-23-18(26)12-15)24-21(25-20)14-5-3-2-4-6-14;22-17-14(7-4-8-15(17)21(27)28)19-18(13-9-10-23-16(26)11-13)24-20(25-19)12-5-2-1-3-6-12;2*22-16-7-6-14(21(27)28)10-15(16)19-18(13-8-9-23-17(26)11-13)24-20(25-19)12-4-2-1-3-5-12/h2*2-12H,1H3,(H,23,26)(H,24,25)(H,27,28);3*1-11H,(H,23,26)(H,24,25)(H,27,28). The first kappa shape index (κ1) is 94.1. The van der Waals surface area contributed by atoms with Crippen LogP contribution in [-0.2, 0) is 0 Å². The largest absolute Gasteiger partial charge is 0.478 e. The number of benzene rings is 10. The lowest BCUT2D eigenvalue weighted by molar-refractivity contribution is 0.0685. The molecule has 20 aromatic rings. The van der Waals surface area contributed by atoms with Crippen LogP contribution in [0.25, 0.3) is 170 Å². The molecule has 0 radical (unpaired) electrons. The normalized spacial score (nSPS) is 10.8. The summed E-state index contributed by atoms with van der Waals surface area (Å²) in [5.41, 5.74) is 15.7. The summed E-state index contributed by atoms with van der Waals surface area (Å²) in [6, 6.07) is 86.1. The summed E-state index contributed by atoms with van der Waals surface area (Å²) < 4.78 is 14.6. The molecule has 10 aromatic carbocycles. The number of H-pyrrole nitrogens is 10. The quantitative estimate of drug-likeness (QED) is 0.0337. The van der Waals surface area contributed by atoms with E-state index in [0.29, 0.717) is 136 Å². The first-order valence-corrected chi connectivity index (χ1v) is 43.4. The zero-order valence-corrected chi connectivity index (χ0v) is 75.0. The molecule has 0 unspecified atom stereocenters. The zero-order valence-electron chi connectivity index (χ0n) is 73.4. The average Bonchev–Trinajstić information content (AvgIpc) is 1.03. The minimum atomic E-state index is -1.17. The van der Waals surface area contributed by atoms with E-state index >= 15 is 0 Å². The van der Waals surface area contributed by atoms with Gasteiger partial charge in [0.15, 0.2) is 0 Å². The molecule has 0 saturated carbocycles. The van der Waals surface area contributed by atoms with E-state index in [0.717, 1.165) is 50.6 Å². The molecule has 30 nitrogen and oxygen atoms in total. The number of hydrogen-bond acceptors (Lipinski definition) is 15. The second-order valence-electron chi connectivity index (χ2n) is 31.2. The van der Waals surface area contributed by atoms with Crippen LogP contribution in [0.2, 0.25) is 10.0 Å². The summed E-state index contributed by atoms with van der Waals surface area (Å²) in [4.78, 5) is 169. The van der Waals surface area contributed by atoms with Crippen LogP contribution in [-0.4, -0.2) is 130 Å². The maximum atomic E-state index is 14.6. The highest BCUT2D eigenvalue weighted by atomic mass is 35.5. The Labute approximate surface area is 801 Å². The van der Waals surface area contributed by atoms with Crippen LogP contribution in [0.1, 0.15) is 62.9 Å². The van der Waals surface area contributed by atoms with Crippen LogP contribution in [0.5, 0.6) is 0 Å². The van der Waals surface area contributed by atoms with Crippen molar-refractivity contribution in [2.45, 2.75) is 13.8 Å². The van der Waals surface area contributed by atoms with Gasteiger partial charge in [-0.05, 0) is 116 Å². The molecule has 0 bridgehead atoms. The number of aromatic nitrogens is 15. The summed E-state index contributed by atoms with van der Waals surface area (Å²) in [6.45, 7) is 3.68. The third kappa shape index (κ3) is 21.4. The lowest BCUT2D eigenvalue weighted by atomic mass is 9.97. The molecule has 140 heavy (non-hydrogen) atoms. The lowest BCUT2D eigenvalue weighted by Crippen LogP contribution is -2.03. The van der Waals surface area contributed by atoms with Crippen molar-refractivity contribution in [2.24, 2.45) is 0 Å². The molecule has 0 aliphatic heterocycles. The molecule has 15 N–H and O–H groups in total. The number of pyridine rings is 5. The van der Waals surface area contributed by atoms with E-state index in [4.69, 9.17) is 33.2 Å². The number of aryl methyl sites for hydroxylation is 1. The number of carboxylic acids is 5. The van der Waals surface area contributed by atoms with Gasteiger partial charge in [0.25, 0.3) is 0 Å². The summed E-state index contributed by atoms with van der Waals surface area (Å²) in [7, 11) is 0. The Morgan fingerprint density at radius 2 is 0.536 bits per heavy atom. The molecule has 0 aliphatic rings.